The maximum atomic E-state index is 13.7. The first-order valence-corrected chi connectivity index (χ1v) is 6.59. The van der Waals surface area contributed by atoms with E-state index in [0.29, 0.717) is 10.6 Å². The molecule has 0 saturated carbocycles. The molecule has 0 heterocycles. The molecule has 4 heteroatoms. The second-order valence-electron chi connectivity index (χ2n) is 4.84. The Bertz CT molecular complexity index is 634. The third-order valence-electron chi connectivity index (χ3n) is 3.01. The zero-order chi connectivity index (χ0) is 14.6. The van der Waals surface area contributed by atoms with Crippen molar-refractivity contribution in [1.82, 2.24) is 0 Å². The third-order valence-corrected chi connectivity index (χ3v) is 3.27. The van der Waals surface area contributed by atoms with Crippen molar-refractivity contribution < 1.29 is 4.39 Å². The summed E-state index contributed by atoms with van der Waals surface area (Å²) in [4.78, 5) is 0. The second-order valence-corrected chi connectivity index (χ2v) is 5.28. The van der Waals surface area contributed by atoms with Crippen LogP contribution < -0.4 is 5.32 Å². The van der Waals surface area contributed by atoms with Crippen LogP contribution in [-0.2, 0) is 6.42 Å². The molecule has 1 N–H and O–H groups in total. The van der Waals surface area contributed by atoms with Gasteiger partial charge in [0.25, 0.3) is 0 Å². The summed E-state index contributed by atoms with van der Waals surface area (Å²) in [6, 6.07) is 15.8. The fourth-order valence-corrected chi connectivity index (χ4v) is 2.11. The lowest BCUT2D eigenvalue weighted by molar-refractivity contribution is 0.575. The molecule has 0 spiro atoms. The molecule has 0 saturated heterocycles. The minimum atomic E-state index is -0.893. The molecular weight excluding hydrogens is 275 g/mol. The van der Waals surface area contributed by atoms with Crippen molar-refractivity contribution >= 4 is 17.3 Å². The van der Waals surface area contributed by atoms with Gasteiger partial charge in [-0.3, -0.25) is 0 Å². The van der Waals surface area contributed by atoms with Crippen molar-refractivity contribution in [2.75, 3.05) is 5.32 Å². The second kappa shape index (κ2) is 5.94. The van der Waals surface area contributed by atoms with Gasteiger partial charge < -0.3 is 5.32 Å². The number of hydrogen-bond donors (Lipinski definition) is 1. The van der Waals surface area contributed by atoms with Crippen molar-refractivity contribution in [2.45, 2.75) is 18.9 Å². The lowest BCUT2D eigenvalue weighted by Gasteiger charge is -2.25. The first kappa shape index (κ1) is 14.4. The Balaban J connectivity index is 2.19. The van der Waals surface area contributed by atoms with E-state index in [9.17, 15) is 9.65 Å². The number of nitrogens with one attached hydrogen (secondary N) is 1. The molecule has 1 unspecified atom stereocenters. The molecule has 2 nitrogen and oxygen atoms in total. The average Bonchev–Trinajstić information content (AvgIpc) is 2.44. The first-order chi connectivity index (χ1) is 9.52. The number of nitriles is 1. The van der Waals surface area contributed by atoms with Crippen LogP contribution in [0.5, 0.6) is 0 Å². The van der Waals surface area contributed by atoms with Crippen LogP contribution in [0.15, 0.2) is 48.5 Å². The first-order valence-electron chi connectivity index (χ1n) is 6.21. The van der Waals surface area contributed by atoms with E-state index in [0.717, 1.165) is 5.69 Å². The molecule has 0 aliphatic heterocycles. The molecule has 2 rings (SSSR count). The van der Waals surface area contributed by atoms with Gasteiger partial charge in [0.1, 0.15) is 11.4 Å². The summed E-state index contributed by atoms with van der Waals surface area (Å²) in [5, 5.41) is 13.1. The van der Waals surface area contributed by atoms with Crippen LogP contribution in [0.25, 0.3) is 0 Å². The summed E-state index contributed by atoms with van der Waals surface area (Å²) in [5.41, 5.74) is 0.392. The van der Waals surface area contributed by atoms with Crippen LogP contribution in [0.3, 0.4) is 0 Å². The number of halogens is 2. The minimum absolute atomic E-state index is 0.277. The van der Waals surface area contributed by atoms with Crippen LogP contribution in [0.2, 0.25) is 5.02 Å². The van der Waals surface area contributed by atoms with Gasteiger partial charge in [-0.15, -0.1) is 0 Å². The highest BCUT2D eigenvalue weighted by atomic mass is 35.5. The summed E-state index contributed by atoms with van der Waals surface area (Å²) in [6.07, 6.45) is 0.277. The fraction of sp³-hybridized carbons (Fsp3) is 0.188. The Morgan fingerprint density at radius 1 is 1.20 bits per heavy atom. The van der Waals surface area contributed by atoms with Crippen molar-refractivity contribution in [2.24, 2.45) is 0 Å². The molecule has 2 aromatic rings. The third kappa shape index (κ3) is 3.49. The maximum absolute atomic E-state index is 13.7. The number of hydrogen-bond acceptors (Lipinski definition) is 2. The van der Waals surface area contributed by atoms with Crippen LogP contribution >= 0.6 is 11.6 Å². The van der Waals surface area contributed by atoms with E-state index in [1.165, 1.54) is 6.07 Å². The van der Waals surface area contributed by atoms with Gasteiger partial charge in [-0.1, -0.05) is 29.8 Å². The summed E-state index contributed by atoms with van der Waals surface area (Å²) in [7, 11) is 0. The SMILES string of the molecule is CC(C#N)(Cc1ccccc1F)Nc1ccc(Cl)cc1. The molecule has 2 aromatic carbocycles. The van der Waals surface area contributed by atoms with Crippen molar-refractivity contribution in [3.8, 4) is 6.07 Å². The van der Waals surface area contributed by atoms with Crippen molar-refractivity contribution in [3.63, 3.8) is 0 Å². The highest BCUT2D eigenvalue weighted by Crippen LogP contribution is 2.22. The summed E-state index contributed by atoms with van der Waals surface area (Å²) < 4.78 is 13.7. The van der Waals surface area contributed by atoms with E-state index in [-0.39, 0.29) is 12.2 Å². The van der Waals surface area contributed by atoms with Crippen LogP contribution in [0.4, 0.5) is 10.1 Å². The van der Waals surface area contributed by atoms with Crippen molar-refractivity contribution in [3.05, 3.63) is 64.9 Å². The monoisotopic (exact) mass is 288 g/mol. The Hall–Kier alpha value is -2.05. The Morgan fingerprint density at radius 2 is 1.85 bits per heavy atom. The smallest absolute Gasteiger partial charge is 0.126 e. The van der Waals surface area contributed by atoms with E-state index in [2.05, 4.69) is 11.4 Å². The van der Waals surface area contributed by atoms with Gasteiger partial charge in [-0.2, -0.15) is 5.26 Å². The highest BCUT2D eigenvalue weighted by molar-refractivity contribution is 6.30. The largest absolute Gasteiger partial charge is 0.367 e. The molecule has 20 heavy (non-hydrogen) atoms. The zero-order valence-electron chi connectivity index (χ0n) is 11.0. The predicted molar refractivity (Wildman–Crippen MR) is 79.2 cm³/mol. The molecule has 0 aliphatic rings. The standard InChI is InChI=1S/C16H14ClFN2/c1-16(11-19,10-12-4-2-3-5-15(12)18)20-14-8-6-13(17)7-9-14/h2-9,20H,10H2,1H3. The molecule has 102 valence electrons. The quantitative estimate of drug-likeness (QED) is 0.904. The molecule has 0 amide bonds. The predicted octanol–water partition coefficient (Wildman–Crippen LogP) is 4.42. The number of benzene rings is 2. The summed E-state index contributed by atoms with van der Waals surface area (Å²) in [6.45, 7) is 1.74. The molecule has 0 radical (unpaired) electrons. The molecule has 0 bridgehead atoms. The lowest BCUT2D eigenvalue weighted by Crippen LogP contribution is -2.35. The molecule has 0 aromatic heterocycles. The Morgan fingerprint density at radius 3 is 2.45 bits per heavy atom. The normalized spacial score (nSPS) is 13.3. The van der Waals surface area contributed by atoms with Crippen LogP contribution in [0.1, 0.15) is 12.5 Å². The maximum Gasteiger partial charge on any atom is 0.126 e. The van der Waals surface area contributed by atoms with E-state index in [1.54, 1.807) is 49.4 Å². The van der Waals surface area contributed by atoms with Gasteiger partial charge >= 0.3 is 0 Å². The van der Waals surface area contributed by atoms with E-state index >= 15 is 0 Å². The zero-order valence-corrected chi connectivity index (χ0v) is 11.8. The molecule has 1 atom stereocenters. The average molecular weight is 289 g/mol. The lowest BCUT2D eigenvalue weighted by atomic mass is 9.93. The molecular formula is C16H14ClFN2. The molecule has 0 aliphatic carbocycles. The Kier molecular flexibility index (Phi) is 4.26. The number of nitrogens with zero attached hydrogens (tertiary/aromatic N) is 1. The summed E-state index contributed by atoms with van der Waals surface area (Å²) in [5.74, 6) is -0.299. The van der Waals surface area contributed by atoms with Crippen LogP contribution in [0, 0.1) is 17.1 Å². The fourth-order valence-electron chi connectivity index (χ4n) is 1.99. The number of anilines is 1. The van der Waals surface area contributed by atoms with Gasteiger partial charge in [0.2, 0.25) is 0 Å². The van der Waals surface area contributed by atoms with E-state index in [4.69, 9.17) is 11.6 Å². The van der Waals surface area contributed by atoms with Gasteiger partial charge in [0, 0.05) is 17.1 Å². The number of rotatable bonds is 4. The van der Waals surface area contributed by atoms with E-state index < -0.39 is 5.54 Å². The van der Waals surface area contributed by atoms with Crippen LogP contribution in [-0.4, -0.2) is 5.54 Å². The van der Waals surface area contributed by atoms with E-state index in [1.807, 2.05) is 0 Å². The van der Waals surface area contributed by atoms with Gasteiger partial charge in [-0.05, 0) is 42.8 Å². The van der Waals surface area contributed by atoms with Gasteiger partial charge in [0.15, 0.2) is 0 Å². The molecule has 0 fully saturated rings. The van der Waals surface area contributed by atoms with Gasteiger partial charge in [0.05, 0.1) is 6.07 Å². The Labute approximate surface area is 122 Å². The summed E-state index contributed by atoms with van der Waals surface area (Å²) >= 11 is 5.82. The topological polar surface area (TPSA) is 35.8 Å². The van der Waals surface area contributed by atoms with Crippen molar-refractivity contribution in [1.29, 1.82) is 5.26 Å². The minimum Gasteiger partial charge on any atom is -0.367 e. The van der Waals surface area contributed by atoms with Gasteiger partial charge in [-0.25, -0.2) is 4.39 Å². The highest BCUT2D eigenvalue weighted by Gasteiger charge is 2.25.